The normalized spacial score (nSPS) is 11.8. The maximum absolute atomic E-state index is 14.9. The van der Waals surface area contributed by atoms with Gasteiger partial charge in [0, 0.05) is 21.1 Å². The predicted octanol–water partition coefficient (Wildman–Crippen LogP) is 8.15. The van der Waals surface area contributed by atoms with Crippen LogP contribution >= 0.6 is 42.1 Å². The van der Waals surface area contributed by atoms with E-state index in [1.165, 1.54) is 17.3 Å². The lowest BCUT2D eigenvalue weighted by Crippen LogP contribution is -2.17. The van der Waals surface area contributed by atoms with Crippen LogP contribution < -0.4 is 10.6 Å². The van der Waals surface area contributed by atoms with Crippen molar-refractivity contribution in [2.75, 3.05) is 0 Å². The molecule has 2 nitrogen and oxygen atoms in total. The van der Waals surface area contributed by atoms with Gasteiger partial charge in [-0.05, 0) is 19.1 Å². The van der Waals surface area contributed by atoms with Gasteiger partial charge in [0.15, 0.2) is 7.14 Å². The average molecular weight is 522 g/mol. The number of aryl methyl sites for hydroxylation is 1. The Balaban J connectivity index is 1.93. The van der Waals surface area contributed by atoms with E-state index in [0.717, 1.165) is 10.5 Å². The van der Waals surface area contributed by atoms with Crippen molar-refractivity contribution in [2.24, 2.45) is 4.99 Å². The molecule has 6 heteroatoms. The van der Waals surface area contributed by atoms with Crippen molar-refractivity contribution in [2.45, 2.75) is 11.8 Å². The lowest BCUT2D eigenvalue weighted by atomic mass is 10.2. The minimum absolute atomic E-state index is 0.117. The average Bonchev–Trinajstić information content (AvgIpc) is 2.88. The maximum atomic E-state index is 14.9. The molecule has 0 aliphatic heterocycles. The van der Waals surface area contributed by atoms with Crippen molar-refractivity contribution in [3.05, 3.63) is 136 Å². The number of hydrogen-bond donors (Lipinski definition) is 0. The summed E-state index contributed by atoms with van der Waals surface area (Å²) in [6.07, 6.45) is 0. The molecule has 0 aliphatic carbocycles. The molecule has 34 heavy (non-hydrogen) atoms. The smallest absolute Gasteiger partial charge is 0.190 e. The maximum Gasteiger partial charge on any atom is 0.190 e. The van der Waals surface area contributed by atoms with Gasteiger partial charge in [-0.2, -0.15) is 0 Å². The molecule has 0 saturated carbocycles. The Morgan fingerprint density at radius 3 is 1.65 bits per heavy atom. The summed E-state index contributed by atoms with van der Waals surface area (Å²) in [5.74, 6) is 0. The molecule has 0 fully saturated rings. The van der Waals surface area contributed by atoms with E-state index in [9.17, 15) is 4.57 Å². The molecule has 4 aromatic rings. The van der Waals surface area contributed by atoms with Crippen LogP contribution in [0.5, 0.6) is 0 Å². The van der Waals surface area contributed by atoms with Crippen molar-refractivity contribution >= 4 is 57.8 Å². The van der Waals surface area contributed by atoms with E-state index in [1.54, 1.807) is 0 Å². The van der Waals surface area contributed by atoms with Gasteiger partial charge in [-0.15, -0.1) is 0 Å². The summed E-state index contributed by atoms with van der Waals surface area (Å²) in [5.41, 5.74) is 2.21. The number of nitrogens with zero attached hydrogens (tertiary/aromatic N) is 1. The van der Waals surface area contributed by atoms with Crippen LogP contribution in [0, 0.1) is 6.92 Å². The van der Waals surface area contributed by atoms with Gasteiger partial charge >= 0.3 is 0 Å². The number of benzene rings is 4. The first-order valence-corrected chi connectivity index (χ1v) is 13.9. The Morgan fingerprint density at radius 2 is 1.18 bits per heavy atom. The third-order valence-corrected chi connectivity index (χ3v) is 9.79. The highest BCUT2D eigenvalue weighted by atomic mass is 35.5. The molecule has 0 amide bonds. The molecule has 4 rings (SSSR count). The topological polar surface area (TPSA) is 29.4 Å². The fourth-order valence-corrected chi connectivity index (χ4v) is 7.65. The van der Waals surface area contributed by atoms with E-state index in [1.807, 2.05) is 110 Å². The fraction of sp³-hybridized carbons (Fsp3) is 0.0357. The van der Waals surface area contributed by atoms with E-state index < -0.39 is 7.14 Å². The van der Waals surface area contributed by atoms with Gasteiger partial charge in [0.2, 0.25) is 0 Å². The van der Waals surface area contributed by atoms with Gasteiger partial charge in [0.1, 0.15) is 15.0 Å². The first-order valence-electron chi connectivity index (χ1n) is 10.6. The summed E-state index contributed by atoms with van der Waals surface area (Å²) in [7, 11) is -3.46. The van der Waals surface area contributed by atoms with Gasteiger partial charge in [-0.1, -0.05) is 144 Å². The van der Waals surface area contributed by atoms with Gasteiger partial charge in [0.05, 0.1) is 0 Å². The Hall–Kier alpha value is -2.55. The van der Waals surface area contributed by atoms with Gasteiger partial charge in [0.25, 0.3) is 0 Å². The molecule has 170 valence electrons. The highest BCUT2D eigenvalue weighted by Gasteiger charge is 2.34. The van der Waals surface area contributed by atoms with Crippen molar-refractivity contribution in [1.29, 1.82) is 0 Å². The van der Waals surface area contributed by atoms with E-state index in [4.69, 9.17) is 28.2 Å². The van der Waals surface area contributed by atoms with Crippen molar-refractivity contribution in [3.63, 3.8) is 0 Å². The molecule has 0 atom stereocenters. The molecule has 4 aromatic carbocycles. The zero-order valence-corrected chi connectivity index (χ0v) is 21.7. The van der Waals surface area contributed by atoms with E-state index in [0.29, 0.717) is 15.7 Å². The SMILES string of the molecule is Cc1ccc(SC(=NC(=C(Cl)Cl)P(=O)(c2ccccc2)c2ccccc2)c2ccccc2)cc1. The summed E-state index contributed by atoms with van der Waals surface area (Å²) < 4.78 is 14.8. The Bertz CT molecular complexity index is 1310. The van der Waals surface area contributed by atoms with Crippen molar-refractivity contribution in [1.82, 2.24) is 0 Å². The lowest BCUT2D eigenvalue weighted by Gasteiger charge is -2.21. The molecule has 0 spiro atoms. The van der Waals surface area contributed by atoms with Crippen LogP contribution in [0.1, 0.15) is 11.1 Å². The van der Waals surface area contributed by atoms with Crippen LogP contribution in [0.15, 0.2) is 135 Å². The van der Waals surface area contributed by atoms with Crippen LogP contribution in [-0.2, 0) is 4.57 Å². The highest BCUT2D eigenvalue weighted by Crippen LogP contribution is 2.55. The van der Waals surface area contributed by atoms with Gasteiger partial charge < -0.3 is 4.57 Å². The van der Waals surface area contributed by atoms with E-state index >= 15 is 0 Å². The minimum atomic E-state index is -3.46. The quantitative estimate of drug-likeness (QED) is 0.111. The Morgan fingerprint density at radius 1 is 0.706 bits per heavy atom. The summed E-state index contributed by atoms with van der Waals surface area (Å²) in [6.45, 7) is 2.05. The van der Waals surface area contributed by atoms with Crippen LogP contribution in [0.3, 0.4) is 0 Å². The summed E-state index contributed by atoms with van der Waals surface area (Å²) in [5, 5.41) is 1.89. The second kappa shape index (κ2) is 11.3. The number of thioether (sulfide) groups is 1. The zero-order chi connectivity index (χ0) is 24.0. The monoisotopic (exact) mass is 521 g/mol. The van der Waals surface area contributed by atoms with Crippen molar-refractivity contribution < 1.29 is 4.57 Å². The van der Waals surface area contributed by atoms with E-state index in [-0.39, 0.29) is 9.93 Å². The molecule has 0 aromatic heterocycles. The summed E-state index contributed by atoms with van der Waals surface area (Å²) in [4.78, 5) is 5.93. The molecule has 0 bridgehead atoms. The highest BCUT2D eigenvalue weighted by molar-refractivity contribution is 8.14. The summed E-state index contributed by atoms with van der Waals surface area (Å²) in [6, 6.07) is 36.5. The number of aliphatic imine (C=N–C) groups is 1. The standard InChI is InChI=1S/C28H22Cl2NOPS/c1-21-17-19-25(20-18-21)34-28(22-11-5-2-6-12-22)31-27(26(29)30)33(32,23-13-7-3-8-14-23)24-15-9-4-10-16-24/h2-20H,1H3. The van der Waals surface area contributed by atoms with Crippen LogP contribution in [0.2, 0.25) is 0 Å². The number of halogens is 2. The first kappa shape index (κ1) is 24.6. The van der Waals surface area contributed by atoms with E-state index in [2.05, 4.69) is 12.1 Å². The Labute approximate surface area is 214 Å². The first-order chi connectivity index (χ1) is 16.5. The predicted molar refractivity (Wildman–Crippen MR) is 149 cm³/mol. The number of rotatable bonds is 6. The lowest BCUT2D eigenvalue weighted by molar-refractivity contribution is 0.590. The molecular weight excluding hydrogens is 500 g/mol. The zero-order valence-electron chi connectivity index (χ0n) is 18.4. The van der Waals surface area contributed by atoms with Crippen molar-refractivity contribution in [3.8, 4) is 0 Å². The molecule has 0 heterocycles. The van der Waals surface area contributed by atoms with Crippen LogP contribution in [0.25, 0.3) is 0 Å². The van der Waals surface area contributed by atoms with Crippen LogP contribution in [0.4, 0.5) is 0 Å². The molecule has 0 saturated heterocycles. The molecule has 0 aliphatic rings. The fourth-order valence-electron chi connectivity index (χ4n) is 3.44. The molecule has 0 unspecified atom stereocenters. The molecule has 0 radical (unpaired) electrons. The third kappa shape index (κ3) is 5.56. The van der Waals surface area contributed by atoms with Crippen LogP contribution in [-0.4, -0.2) is 5.04 Å². The second-order valence-corrected chi connectivity index (χ2v) is 12.2. The van der Waals surface area contributed by atoms with Gasteiger partial charge in [-0.25, -0.2) is 4.99 Å². The molecular formula is C28H22Cl2NOPS. The Kier molecular flexibility index (Phi) is 8.13. The third-order valence-electron chi connectivity index (χ3n) is 5.17. The minimum Gasteiger partial charge on any atom is -0.307 e. The van der Waals surface area contributed by atoms with Gasteiger partial charge in [-0.3, -0.25) is 0 Å². The second-order valence-electron chi connectivity index (χ2n) is 7.56. The largest absolute Gasteiger partial charge is 0.307 e. The number of hydrogen-bond acceptors (Lipinski definition) is 3. The summed E-state index contributed by atoms with van der Waals surface area (Å²) >= 11 is 14.4. The molecule has 0 N–H and O–H groups in total.